The number of esters is 2. The van der Waals surface area contributed by atoms with Crippen LogP contribution < -0.4 is 4.74 Å². The standard InChI is InChI=1S/C41H35NO4S6/c1-26(42-21-19-28(20-22-42)23-27-5-3-2-4-6-27)37(46-39(44)33-13-9-30(10-14-33)36-25-50-52-41(36)48)31-15-17-34(18-16-31)45-38(43)32-11-7-29(8-12-32)35-24-49-51-40(35)47/h2-18,24-26,28,37H,19-23H2,1H3. The van der Waals surface area contributed by atoms with Gasteiger partial charge >= 0.3 is 11.9 Å². The molecule has 1 fully saturated rings. The maximum atomic E-state index is 13.7. The zero-order chi connectivity index (χ0) is 36.0. The van der Waals surface area contributed by atoms with Gasteiger partial charge in [0.05, 0.1) is 11.1 Å². The fourth-order valence-corrected chi connectivity index (χ4v) is 11.4. The van der Waals surface area contributed by atoms with Gasteiger partial charge in [-0.25, -0.2) is 9.59 Å². The number of rotatable bonds is 11. The van der Waals surface area contributed by atoms with Crippen LogP contribution in [0.15, 0.2) is 114 Å². The summed E-state index contributed by atoms with van der Waals surface area (Å²) in [6, 6.07) is 32.6. The molecule has 0 bridgehead atoms. The lowest BCUT2D eigenvalue weighted by molar-refractivity contribution is -0.00613. The Morgan fingerprint density at radius 3 is 1.79 bits per heavy atom. The van der Waals surface area contributed by atoms with Crippen molar-refractivity contribution in [2.24, 2.45) is 5.92 Å². The molecule has 4 aromatic carbocycles. The summed E-state index contributed by atoms with van der Waals surface area (Å²) < 4.78 is 13.8. The van der Waals surface area contributed by atoms with Crippen LogP contribution in [0, 0.1) is 13.6 Å². The Kier molecular flexibility index (Phi) is 12.0. The van der Waals surface area contributed by atoms with Crippen molar-refractivity contribution in [1.82, 2.24) is 4.90 Å². The van der Waals surface area contributed by atoms with E-state index in [0.717, 1.165) is 67.8 Å². The van der Waals surface area contributed by atoms with E-state index in [9.17, 15) is 9.59 Å². The molecule has 1 saturated heterocycles. The number of piperidine rings is 1. The van der Waals surface area contributed by atoms with Gasteiger partial charge in [-0.3, -0.25) is 4.90 Å². The Morgan fingerprint density at radius 2 is 1.27 bits per heavy atom. The van der Waals surface area contributed by atoms with Crippen molar-refractivity contribution >= 4 is 77.7 Å². The van der Waals surface area contributed by atoms with E-state index in [-0.39, 0.29) is 12.0 Å². The van der Waals surface area contributed by atoms with E-state index in [1.54, 1.807) is 77.8 Å². The number of hydrogen-bond donors (Lipinski definition) is 0. The minimum absolute atomic E-state index is 0.0810. The first-order chi connectivity index (χ1) is 25.3. The first-order valence-corrected chi connectivity index (χ1v) is 22.2. The van der Waals surface area contributed by atoms with E-state index in [0.29, 0.717) is 22.8 Å². The molecule has 2 aromatic heterocycles. The van der Waals surface area contributed by atoms with E-state index in [2.05, 4.69) is 42.2 Å². The van der Waals surface area contributed by atoms with Crippen molar-refractivity contribution in [3.63, 3.8) is 0 Å². The summed E-state index contributed by atoms with van der Waals surface area (Å²) in [6.45, 7) is 3.97. The third-order valence-corrected chi connectivity index (χ3v) is 14.9. The molecule has 7 rings (SSSR count). The zero-order valence-corrected chi connectivity index (χ0v) is 33.2. The SMILES string of the molecule is CC(C(OC(=O)c1ccc(-c2cssc2=S)cc1)c1ccc(OC(=O)c2ccc(-c3cssc3=S)cc2)cc1)N1CCC(Cc2ccccc2)CC1. The predicted molar refractivity (Wildman–Crippen MR) is 220 cm³/mol. The fraction of sp³-hybridized carbons (Fsp3) is 0.220. The topological polar surface area (TPSA) is 55.8 Å². The maximum Gasteiger partial charge on any atom is 0.343 e. The molecule has 0 N–H and O–H groups in total. The third kappa shape index (κ3) is 8.74. The number of hydrogen-bond acceptors (Lipinski definition) is 11. The smallest absolute Gasteiger partial charge is 0.343 e. The molecule has 1 aliphatic heterocycles. The Morgan fingerprint density at radius 1 is 0.731 bits per heavy atom. The second-order valence-electron chi connectivity index (χ2n) is 12.8. The van der Waals surface area contributed by atoms with E-state index in [4.69, 9.17) is 33.9 Å². The highest BCUT2D eigenvalue weighted by Gasteiger charge is 2.32. The van der Waals surface area contributed by atoms with Crippen molar-refractivity contribution < 1.29 is 19.1 Å². The number of likely N-dealkylation sites (tertiary alicyclic amines) is 1. The van der Waals surface area contributed by atoms with E-state index in [1.165, 1.54) is 5.56 Å². The maximum absolute atomic E-state index is 13.7. The average Bonchev–Trinajstić information content (AvgIpc) is 3.82. The van der Waals surface area contributed by atoms with Crippen molar-refractivity contribution in [2.75, 3.05) is 13.1 Å². The van der Waals surface area contributed by atoms with Crippen molar-refractivity contribution in [3.05, 3.63) is 144 Å². The van der Waals surface area contributed by atoms with Crippen LogP contribution in [0.3, 0.4) is 0 Å². The highest BCUT2D eigenvalue weighted by atomic mass is 32.9. The highest BCUT2D eigenvalue weighted by molar-refractivity contribution is 7.80. The molecule has 0 aliphatic carbocycles. The van der Waals surface area contributed by atoms with Crippen LogP contribution in [-0.4, -0.2) is 36.0 Å². The van der Waals surface area contributed by atoms with E-state index in [1.807, 2.05) is 47.2 Å². The molecule has 5 nitrogen and oxygen atoms in total. The largest absolute Gasteiger partial charge is 0.452 e. The van der Waals surface area contributed by atoms with E-state index >= 15 is 0 Å². The van der Waals surface area contributed by atoms with Crippen molar-refractivity contribution in [3.8, 4) is 28.0 Å². The number of ether oxygens (including phenoxy) is 2. The average molecular weight is 798 g/mol. The minimum Gasteiger partial charge on any atom is -0.452 e. The molecule has 11 heteroatoms. The van der Waals surface area contributed by atoms with Crippen LogP contribution in [0.25, 0.3) is 22.3 Å². The van der Waals surface area contributed by atoms with Crippen molar-refractivity contribution in [1.29, 1.82) is 0 Å². The van der Waals surface area contributed by atoms with Gasteiger partial charge < -0.3 is 9.47 Å². The third-order valence-electron chi connectivity index (χ3n) is 9.57. The second-order valence-corrected chi connectivity index (χ2v) is 18.3. The summed E-state index contributed by atoms with van der Waals surface area (Å²) in [6.07, 6.45) is 2.69. The van der Waals surface area contributed by atoms with Crippen LogP contribution in [0.2, 0.25) is 0 Å². The molecule has 2 atom stereocenters. The summed E-state index contributed by atoms with van der Waals surface area (Å²) in [5.74, 6) is 0.191. The van der Waals surface area contributed by atoms with Crippen LogP contribution in [0.4, 0.5) is 0 Å². The molecule has 3 heterocycles. The molecule has 1 aliphatic rings. The summed E-state index contributed by atoms with van der Waals surface area (Å²) in [4.78, 5) is 29.2. The molecule has 6 aromatic rings. The van der Waals surface area contributed by atoms with Crippen molar-refractivity contribution in [2.45, 2.75) is 38.3 Å². The normalized spacial score (nSPS) is 14.8. The first-order valence-electron chi connectivity index (χ1n) is 17.0. The van der Waals surface area contributed by atoms with Gasteiger partial charge in [0.2, 0.25) is 0 Å². The van der Waals surface area contributed by atoms with Gasteiger partial charge in [-0.1, -0.05) is 133 Å². The van der Waals surface area contributed by atoms with Gasteiger partial charge in [-0.15, -0.1) is 0 Å². The monoisotopic (exact) mass is 797 g/mol. The summed E-state index contributed by atoms with van der Waals surface area (Å²) >= 11 is 10.9. The molecule has 0 radical (unpaired) electrons. The van der Waals surface area contributed by atoms with Gasteiger partial charge in [0.15, 0.2) is 0 Å². The summed E-state index contributed by atoms with van der Waals surface area (Å²) in [5.41, 5.74) is 7.10. The Hall–Kier alpha value is -3.68. The summed E-state index contributed by atoms with van der Waals surface area (Å²) in [5, 5.41) is 4.07. The van der Waals surface area contributed by atoms with Crippen LogP contribution in [0.1, 0.15) is 57.7 Å². The number of carbonyl (C=O) groups excluding carboxylic acids is 2. The van der Waals surface area contributed by atoms with Gasteiger partial charge in [0, 0.05) is 27.9 Å². The first kappa shape index (κ1) is 36.7. The molecule has 0 amide bonds. The lowest BCUT2D eigenvalue weighted by Crippen LogP contribution is -2.44. The Labute approximate surface area is 328 Å². The van der Waals surface area contributed by atoms with Crippen LogP contribution in [0.5, 0.6) is 5.75 Å². The lowest BCUT2D eigenvalue weighted by atomic mass is 9.89. The molecule has 0 saturated carbocycles. The zero-order valence-electron chi connectivity index (χ0n) is 28.3. The van der Waals surface area contributed by atoms with Crippen LogP contribution >= 0.6 is 65.8 Å². The number of carbonyl (C=O) groups is 2. The molecular weight excluding hydrogens is 763 g/mol. The quantitative estimate of drug-likeness (QED) is 0.0560. The highest BCUT2D eigenvalue weighted by Crippen LogP contribution is 2.33. The number of benzene rings is 4. The minimum atomic E-state index is -0.541. The molecule has 52 heavy (non-hydrogen) atoms. The fourth-order valence-electron chi connectivity index (χ4n) is 6.58. The van der Waals surface area contributed by atoms with Gasteiger partial charge in [0.25, 0.3) is 0 Å². The lowest BCUT2D eigenvalue weighted by Gasteiger charge is -2.39. The van der Waals surface area contributed by atoms with Gasteiger partial charge in [0.1, 0.15) is 19.5 Å². The Bertz CT molecular complexity index is 2230. The van der Waals surface area contributed by atoms with Gasteiger partial charge in [-0.05, 0) is 104 Å². The van der Waals surface area contributed by atoms with E-state index < -0.39 is 12.1 Å². The predicted octanol–water partition coefficient (Wildman–Crippen LogP) is 12.2. The van der Waals surface area contributed by atoms with Crippen LogP contribution in [-0.2, 0) is 11.2 Å². The Balaban J connectivity index is 1.06. The molecular formula is C41H35NO4S6. The van der Waals surface area contributed by atoms with Gasteiger partial charge in [-0.2, -0.15) is 0 Å². The molecule has 0 spiro atoms. The molecule has 2 unspecified atom stereocenters. The number of nitrogens with zero attached hydrogens (tertiary/aromatic N) is 1. The molecule has 264 valence electrons. The summed E-state index contributed by atoms with van der Waals surface area (Å²) in [7, 11) is 6.33. The second kappa shape index (κ2) is 17.0.